The molecular formula is C30H22F3N5O2S. The number of halogens is 3. The van der Waals surface area contributed by atoms with Crippen LogP contribution in [-0.4, -0.2) is 32.5 Å². The second-order valence-corrected chi connectivity index (χ2v) is 9.95. The van der Waals surface area contributed by atoms with Gasteiger partial charge in [-0.15, -0.1) is 24.9 Å². The Kier molecular flexibility index (Phi) is 7.10. The number of rotatable bonds is 8. The molecule has 0 bridgehead atoms. The Morgan fingerprint density at radius 1 is 0.902 bits per heavy atom. The summed E-state index contributed by atoms with van der Waals surface area (Å²) in [4.78, 5) is 5.67. The molecule has 0 aliphatic carbocycles. The van der Waals surface area contributed by atoms with Crippen LogP contribution < -0.4 is 10.1 Å². The second-order valence-electron chi connectivity index (χ2n) is 9.07. The Bertz CT molecular complexity index is 1800. The molecule has 0 spiro atoms. The predicted octanol–water partition coefficient (Wildman–Crippen LogP) is 8.17. The molecule has 41 heavy (non-hydrogen) atoms. The average Bonchev–Trinajstić information content (AvgIpc) is 3.59. The van der Waals surface area contributed by atoms with Crippen molar-refractivity contribution in [2.45, 2.75) is 17.8 Å². The monoisotopic (exact) mass is 573 g/mol. The van der Waals surface area contributed by atoms with Crippen molar-refractivity contribution in [3.8, 4) is 28.7 Å². The molecule has 0 fully saturated rings. The minimum absolute atomic E-state index is 0.203. The topological polar surface area (TPSA) is 78.0 Å². The van der Waals surface area contributed by atoms with E-state index in [0.717, 1.165) is 27.8 Å². The van der Waals surface area contributed by atoms with Crippen LogP contribution >= 0.6 is 11.8 Å². The Morgan fingerprint density at radius 3 is 2.44 bits per heavy atom. The molecule has 0 aliphatic heterocycles. The molecule has 7 nitrogen and oxygen atoms in total. The van der Waals surface area contributed by atoms with E-state index in [4.69, 9.17) is 9.62 Å². The first-order chi connectivity index (χ1) is 19.8. The van der Waals surface area contributed by atoms with Crippen molar-refractivity contribution in [2.75, 3.05) is 11.6 Å². The highest BCUT2D eigenvalue weighted by atomic mass is 32.2. The van der Waals surface area contributed by atoms with Crippen molar-refractivity contribution in [1.29, 1.82) is 0 Å². The molecule has 4 aromatic carbocycles. The zero-order valence-electron chi connectivity index (χ0n) is 21.6. The van der Waals surface area contributed by atoms with E-state index in [-0.39, 0.29) is 17.5 Å². The molecule has 0 saturated carbocycles. The molecule has 6 rings (SSSR count). The Hall–Kier alpha value is -4.77. The van der Waals surface area contributed by atoms with Gasteiger partial charge in [-0.3, -0.25) is 4.68 Å². The van der Waals surface area contributed by atoms with Crippen molar-refractivity contribution >= 4 is 34.0 Å². The molecule has 0 aliphatic rings. The highest BCUT2D eigenvalue weighted by Gasteiger charge is 2.31. The third-order valence-electron chi connectivity index (χ3n) is 6.27. The Labute approximate surface area is 237 Å². The van der Waals surface area contributed by atoms with Crippen molar-refractivity contribution in [3.05, 3.63) is 103 Å². The minimum Gasteiger partial charge on any atom is -0.406 e. The highest BCUT2D eigenvalue weighted by Crippen LogP contribution is 2.31. The largest absolute Gasteiger partial charge is 0.573 e. The number of nitrogens with one attached hydrogen (secondary N) is 1. The molecular weight excluding hydrogens is 551 g/mol. The summed E-state index contributed by atoms with van der Waals surface area (Å²) in [6.07, 6.45) is -2.72. The number of alkyl halides is 3. The van der Waals surface area contributed by atoms with Crippen molar-refractivity contribution in [1.82, 2.24) is 19.9 Å². The van der Waals surface area contributed by atoms with Crippen LogP contribution in [-0.2, 0) is 6.54 Å². The van der Waals surface area contributed by atoms with Gasteiger partial charge in [0.1, 0.15) is 5.75 Å². The number of anilines is 2. The van der Waals surface area contributed by atoms with E-state index in [0.29, 0.717) is 17.8 Å². The van der Waals surface area contributed by atoms with Gasteiger partial charge >= 0.3 is 6.36 Å². The van der Waals surface area contributed by atoms with Crippen LogP contribution in [0.4, 0.5) is 24.5 Å². The smallest absolute Gasteiger partial charge is 0.406 e. The summed E-state index contributed by atoms with van der Waals surface area (Å²) in [7, 11) is 0. The number of aromatic nitrogens is 4. The molecule has 0 saturated heterocycles. The van der Waals surface area contributed by atoms with E-state index >= 15 is 0 Å². The van der Waals surface area contributed by atoms with Crippen LogP contribution in [0.1, 0.15) is 5.56 Å². The second kappa shape index (κ2) is 11.0. The van der Waals surface area contributed by atoms with Crippen LogP contribution in [0.15, 0.2) is 106 Å². The number of benzene rings is 4. The van der Waals surface area contributed by atoms with Gasteiger partial charge < -0.3 is 14.6 Å². The number of hydrogen-bond donors (Lipinski definition) is 1. The normalized spacial score (nSPS) is 11.6. The molecule has 2 aromatic heterocycles. The van der Waals surface area contributed by atoms with Gasteiger partial charge in [-0.25, -0.2) is 0 Å². The molecule has 6 aromatic rings. The van der Waals surface area contributed by atoms with E-state index in [1.807, 2.05) is 53.4 Å². The number of thioether (sulfide) groups is 1. The fourth-order valence-corrected chi connectivity index (χ4v) is 4.82. The number of para-hydroxylation sites is 1. The summed E-state index contributed by atoms with van der Waals surface area (Å²) < 4.78 is 48.8. The first-order valence-corrected chi connectivity index (χ1v) is 13.7. The lowest BCUT2D eigenvalue weighted by Crippen LogP contribution is -2.16. The predicted molar refractivity (Wildman–Crippen MR) is 152 cm³/mol. The third kappa shape index (κ3) is 6.04. The molecule has 0 radical (unpaired) electrons. The maximum atomic E-state index is 12.5. The lowest BCUT2D eigenvalue weighted by Gasteiger charge is -2.10. The molecule has 2 heterocycles. The summed E-state index contributed by atoms with van der Waals surface area (Å²) in [6, 6.07) is 29.4. The first-order valence-electron chi connectivity index (χ1n) is 12.5. The van der Waals surface area contributed by atoms with E-state index in [1.165, 1.54) is 29.2 Å². The van der Waals surface area contributed by atoms with Gasteiger partial charge in [0.05, 0.1) is 12.1 Å². The van der Waals surface area contributed by atoms with Gasteiger partial charge in [-0.05, 0) is 78.5 Å². The van der Waals surface area contributed by atoms with Crippen molar-refractivity contribution in [2.24, 2.45) is 0 Å². The molecule has 0 amide bonds. The van der Waals surface area contributed by atoms with Crippen molar-refractivity contribution in [3.63, 3.8) is 0 Å². The van der Waals surface area contributed by atoms with E-state index in [2.05, 4.69) is 50.5 Å². The SMILES string of the molecule is CSc1ccc(Nc2cccc(Cn3nc(-c4nc(-c5ccc(OC(F)(F)F)cc5)no4)c4ccccc43)c2)cc1. The van der Waals surface area contributed by atoms with Crippen LogP contribution in [0.5, 0.6) is 5.75 Å². The maximum absolute atomic E-state index is 12.5. The number of ether oxygens (including phenoxy) is 1. The van der Waals surface area contributed by atoms with Gasteiger partial charge in [-0.2, -0.15) is 10.1 Å². The van der Waals surface area contributed by atoms with E-state index < -0.39 is 6.36 Å². The summed E-state index contributed by atoms with van der Waals surface area (Å²) in [5, 5.41) is 13.1. The molecule has 0 atom stereocenters. The third-order valence-corrected chi connectivity index (χ3v) is 7.01. The minimum atomic E-state index is -4.77. The van der Waals surface area contributed by atoms with Crippen LogP contribution in [0.3, 0.4) is 0 Å². The molecule has 0 unspecified atom stereocenters. The zero-order chi connectivity index (χ0) is 28.4. The summed E-state index contributed by atoms with van der Waals surface area (Å²) in [6.45, 7) is 0.503. The zero-order valence-corrected chi connectivity index (χ0v) is 22.4. The van der Waals surface area contributed by atoms with Gasteiger partial charge in [0.25, 0.3) is 5.89 Å². The quantitative estimate of drug-likeness (QED) is 0.184. The number of hydrogen-bond acceptors (Lipinski definition) is 7. The summed E-state index contributed by atoms with van der Waals surface area (Å²) in [5.41, 5.74) is 4.89. The fourth-order valence-electron chi connectivity index (χ4n) is 4.41. The standard InChI is InChI=1S/C30H22F3N5O2S/c1-41-24-15-11-21(12-16-24)34-22-6-4-5-19(17-22)18-38-26-8-3-2-7-25(26)27(36-38)29-35-28(37-40-29)20-9-13-23(14-10-20)39-30(31,32)33/h2-17,34H,18H2,1H3. The maximum Gasteiger partial charge on any atom is 0.573 e. The van der Waals surface area contributed by atoms with Gasteiger partial charge in [-0.1, -0.05) is 35.5 Å². The first kappa shape index (κ1) is 26.5. The van der Waals surface area contributed by atoms with E-state index in [1.54, 1.807) is 11.8 Å². The van der Waals surface area contributed by atoms with Crippen LogP contribution in [0.25, 0.3) is 33.9 Å². The van der Waals surface area contributed by atoms with Gasteiger partial charge in [0.2, 0.25) is 5.82 Å². The molecule has 11 heteroatoms. The van der Waals surface area contributed by atoms with Gasteiger partial charge in [0, 0.05) is 27.2 Å². The fraction of sp³-hybridized carbons (Fsp3) is 0.100. The number of fused-ring (bicyclic) bond motifs is 1. The van der Waals surface area contributed by atoms with E-state index in [9.17, 15) is 13.2 Å². The van der Waals surface area contributed by atoms with Gasteiger partial charge in [0.15, 0.2) is 5.69 Å². The molecule has 206 valence electrons. The highest BCUT2D eigenvalue weighted by molar-refractivity contribution is 7.98. The lowest BCUT2D eigenvalue weighted by atomic mass is 10.1. The Morgan fingerprint density at radius 2 is 1.68 bits per heavy atom. The summed E-state index contributed by atoms with van der Waals surface area (Å²) in [5.74, 6) is 0.0960. The average molecular weight is 574 g/mol. The van der Waals surface area contributed by atoms with Crippen LogP contribution in [0, 0.1) is 0 Å². The summed E-state index contributed by atoms with van der Waals surface area (Å²) >= 11 is 1.70. The lowest BCUT2D eigenvalue weighted by molar-refractivity contribution is -0.274. The molecule has 1 N–H and O–H groups in total. The Balaban J connectivity index is 1.25. The van der Waals surface area contributed by atoms with Crippen molar-refractivity contribution < 1.29 is 22.4 Å². The number of nitrogens with zero attached hydrogens (tertiary/aromatic N) is 4. The van der Waals surface area contributed by atoms with Crippen LogP contribution in [0.2, 0.25) is 0 Å².